The summed E-state index contributed by atoms with van der Waals surface area (Å²) in [5, 5.41) is 15.6. The maximum atomic E-state index is 12.7. The zero-order valence-electron chi connectivity index (χ0n) is 18.4. The first-order valence-corrected chi connectivity index (χ1v) is 10.9. The minimum Gasteiger partial charge on any atom is -0.481 e. The van der Waals surface area contributed by atoms with Crippen molar-refractivity contribution in [2.24, 2.45) is 0 Å². The van der Waals surface area contributed by atoms with Crippen LogP contribution in [0.4, 0.5) is 10.5 Å². The van der Waals surface area contributed by atoms with Crippen LogP contribution in [0.25, 0.3) is 22.6 Å². The number of amides is 1. The van der Waals surface area contributed by atoms with Crippen molar-refractivity contribution in [2.75, 3.05) is 5.32 Å². The number of ether oxygens (including phenoxy) is 1. The average Bonchev–Trinajstić information content (AvgIpc) is 3.27. The maximum absolute atomic E-state index is 12.7. The fourth-order valence-corrected chi connectivity index (χ4v) is 3.79. The van der Waals surface area contributed by atoms with E-state index in [0.29, 0.717) is 33.0 Å². The number of rotatable bonds is 7. The van der Waals surface area contributed by atoms with Crippen molar-refractivity contribution in [1.29, 1.82) is 0 Å². The van der Waals surface area contributed by atoms with Crippen LogP contribution in [0.3, 0.4) is 0 Å². The van der Waals surface area contributed by atoms with E-state index in [4.69, 9.17) is 26.0 Å². The molecule has 3 N–H and O–H groups in total. The zero-order valence-corrected chi connectivity index (χ0v) is 19.2. The van der Waals surface area contributed by atoms with Crippen molar-refractivity contribution in [3.8, 4) is 22.6 Å². The molecule has 2 aromatic heterocycles. The highest BCUT2D eigenvalue weighted by Gasteiger charge is 2.19. The molecule has 0 spiro atoms. The molecule has 35 heavy (non-hydrogen) atoms. The first-order valence-electron chi connectivity index (χ1n) is 10.5. The molecule has 0 aliphatic heterocycles. The van der Waals surface area contributed by atoms with Crippen molar-refractivity contribution in [2.45, 2.75) is 19.4 Å². The van der Waals surface area contributed by atoms with Crippen LogP contribution in [0, 0.1) is 0 Å². The minimum absolute atomic E-state index is 0.101. The Morgan fingerprint density at radius 3 is 2.57 bits per heavy atom. The Morgan fingerprint density at radius 2 is 1.89 bits per heavy atom. The molecule has 0 radical (unpaired) electrons. The third-order valence-electron chi connectivity index (χ3n) is 5.21. The van der Waals surface area contributed by atoms with Crippen LogP contribution in [0.5, 0.6) is 0 Å². The average molecular weight is 494 g/mol. The molecule has 1 unspecified atom stereocenters. The van der Waals surface area contributed by atoms with E-state index in [2.05, 4.69) is 15.5 Å². The van der Waals surface area contributed by atoms with Crippen molar-refractivity contribution >= 4 is 29.4 Å². The number of anilines is 1. The van der Waals surface area contributed by atoms with Gasteiger partial charge in [0, 0.05) is 16.1 Å². The number of carboxylic acids is 1. The van der Waals surface area contributed by atoms with E-state index in [1.165, 1.54) is 6.20 Å². The Kier molecular flexibility index (Phi) is 6.98. The second kappa shape index (κ2) is 10.3. The molecule has 0 aliphatic carbocycles. The number of hydrogen-bond acceptors (Lipinski definition) is 6. The SMILES string of the molecule is CC(OC(=O)Nc1cnoc1-c1ccc(-c2ccc(CC(=O)O)cc2)c(=O)[nH]1)c1ccccc1Cl. The standard InChI is InChI=1S/C25H20ClN3O6/c1-14(17-4-2-3-5-19(17)26)34-25(33)29-21-13-27-35-23(21)20-11-10-18(24(32)28-20)16-8-6-15(7-9-16)12-22(30)31/h2-11,13-14H,12H2,1H3,(H,28,32)(H,29,33)(H,30,31). The van der Waals surface area contributed by atoms with Gasteiger partial charge < -0.3 is 19.4 Å². The van der Waals surface area contributed by atoms with E-state index in [9.17, 15) is 14.4 Å². The zero-order chi connectivity index (χ0) is 24.9. The Bertz CT molecular complexity index is 1430. The molecule has 0 saturated heterocycles. The fraction of sp³-hybridized carbons (Fsp3) is 0.120. The highest BCUT2D eigenvalue weighted by Crippen LogP contribution is 2.29. The van der Waals surface area contributed by atoms with E-state index in [1.54, 1.807) is 67.6 Å². The van der Waals surface area contributed by atoms with Gasteiger partial charge in [0.05, 0.1) is 18.3 Å². The lowest BCUT2D eigenvalue weighted by Crippen LogP contribution is -2.16. The van der Waals surface area contributed by atoms with Gasteiger partial charge in [-0.05, 0) is 36.2 Å². The van der Waals surface area contributed by atoms with Crippen molar-refractivity contribution < 1.29 is 24.0 Å². The van der Waals surface area contributed by atoms with Gasteiger partial charge in [-0.15, -0.1) is 0 Å². The number of aliphatic carboxylic acids is 1. The first kappa shape index (κ1) is 23.8. The van der Waals surface area contributed by atoms with Crippen LogP contribution in [-0.2, 0) is 16.0 Å². The van der Waals surface area contributed by atoms with Gasteiger partial charge in [0.25, 0.3) is 5.56 Å². The minimum atomic E-state index is -0.932. The molecule has 0 fully saturated rings. The van der Waals surface area contributed by atoms with E-state index >= 15 is 0 Å². The second-order valence-electron chi connectivity index (χ2n) is 7.64. The van der Waals surface area contributed by atoms with Crippen LogP contribution in [0.1, 0.15) is 24.2 Å². The Hall–Kier alpha value is -4.37. The highest BCUT2D eigenvalue weighted by molar-refractivity contribution is 6.31. The first-order chi connectivity index (χ1) is 16.8. The molecular formula is C25H20ClN3O6. The lowest BCUT2D eigenvalue weighted by molar-refractivity contribution is -0.136. The van der Waals surface area contributed by atoms with Gasteiger partial charge in [-0.3, -0.25) is 14.9 Å². The normalized spacial score (nSPS) is 11.6. The number of hydrogen-bond donors (Lipinski definition) is 3. The van der Waals surface area contributed by atoms with Crippen LogP contribution >= 0.6 is 11.6 Å². The maximum Gasteiger partial charge on any atom is 0.412 e. The number of H-pyrrole nitrogens is 1. The summed E-state index contributed by atoms with van der Waals surface area (Å²) in [5.74, 6) is -0.786. The highest BCUT2D eigenvalue weighted by atomic mass is 35.5. The lowest BCUT2D eigenvalue weighted by atomic mass is 10.0. The quantitative estimate of drug-likeness (QED) is 0.318. The molecule has 0 saturated carbocycles. The molecule has 1 atom stereocenters. The molecule has 0 bridgehead atoms. The monoisotopic (exact) mass is 493 g/mol. The van der Waals surface area contributed by atoms with Gasteiger partial charge >= 0.3 is 12.1 Å². The topological polar surface area (TPSA) is 135 Å². The van der Waals surface area contributed by atoms with E-state index in [0.717, 1.165) is 0 Å². The van der Waals surface area contributed by atoms with Crippen LogP contribution in [0.2, 0.25) is 5.02 Å². The van der Waals surface area contributed by atoms with Gasteiger partial charge in [0.1, 0.15) is 11.8 Å². The summed E-state index contributed by atoms with van der Waals surface area (Å²) in [7, 11) is 0. The molecule has 9 nitrogen and oxygen atoms in total. The molecule has 1 amide bonds. The van der Waals surface area contributed by atoms with Crippen LogP contribution < -0.4 is 10.9 Å². The summed E-state index contributed by atoms with van der Waals surface area (Å²) >= 11 is 6.16. The Morgan fingerprint density at radius 1 is 1.14 bits per heavy atom. The number of halogens is 1. The van der Waals surface area contributed by atoms with Gasteiger partial charge in [-0.1, -0.05) is 59.2 Å². The van der Waals surface area contributed by atoms with Crippen molar-refractivity contribution in [1.82, 2.24) is 10.1 Å². The Labute approximate surface area is 204 Å². The number of benzene rings is 2. The number of carboxylic acid groups (broad SMARTS) is 1. The summed E-state index contributed by atoms with van der Waals surface area (Å²) in [5.41, 5.74) is 2.41. The van der Waals surface area contributed by atoms with Crippen molar-refractivity contribution in [3.63, 3.8) is 0 Å². The van der Waals surface area contributed by atoms with E-state index < -0.39 is 23.7 Å². The van der Waals surface area contributed by atoms with Gasteiger partial charge in [-0.25, -0.2) is 4.79 Å². The van der Waals surface area contributed by atoms with Gasteiger partial charge in [0.15, 0.2) is 0 Å². The molecule has 2 aromatic carbocycles. The Balaban J connectivity index is 1.49. The molecular weight excluding hydrogens is 474 g/mol. The van der Waals surface area contributed by atoms with Crippen LogP contribution in [-0.4, -0.2) is 27.3 Å². The number of aromatic amines is 1. The number of pyridine rings is 1. The van der Waals surface area contributed by atoms with Crippen LogP contribution in [0.15, 0.2) is 76.2 Å². The fourth-order valence-electron chi connectivity index (χ4n) is 3.50. The third-order valence-corrected chi connectivity index (χ3v) is 5.55. The number of nitrogens with zero attached hydrogens (tertiary/aromatic N) is 1. The van der Waals surface area contributed by atoms with Crippen molar-refractivity contribution in [3.05, 3.63) is 93.4 Å². The smallest absolute Gasteiger partial charge is 0.412 e. The predicted octanol–water partition coefficient (Wildman–Crippen LogP) is 5.29. The number of carbonyl (C=O) groups is 2. The molecule has 10 heteroatoms. The summed E-state index contributed by atoms with van der Waals surface area (Å²) < 4.78 is 10.6. The lowest BCUT2D eigenvalue weighted by Gasteiger charge is -2.15. The van der Waals surface area contributed by atoms with E-state index in [1.807, 2.05) is 0 Å². The largest absolute Gasteiger partial charge is 0.481 e. The molecule has 2 heterocycles. The third kappa shape index (κ3) is 5.59. The molecule has 0 aliphatic rings. The number of nitrogens with one attached hydrogen (secondary N) is 2. The number of aromatic nitrogens is 2. The van der Waals surface area contributed by atoms with E-state index in [-0.39, 0.29) is 17.9 Å². The van der Waals surface area contributed by atoms with Gasteiger partial charge in [0.2, 0.25) is 5.76 Å². The molecule has 4 aromatic rings. The second-order valence-corrected chi connectivity index (χ2v) is 8.05. The predicted molar refractivity (Wildman–Crippen MR) is 129 cm³/mol. The molecule has 4 rings (SSSR count). The van der Waals surface area contributed by atoms with Gasteiger partial charge in [-0.2, -0.15) is 0 Å². The summed E-state index contributed by atoms with van der Waals surface area (Å²) in [6.07, 6.45) is -0.157. The summed E-state index contributed by atoms with van der Waals surface area (Å²) in [6.45, 7) is 1.69. The molecule has 178 valence electrons. The summed E-state index contributed by atoms with van der Waals surface area (Å²) in [6, 6.07) is 16.9. The summed E-state index contributed by atoms with van der Waals surface area (Å²) in [4.78, 5) is 38.7. The number of carbonyl (C=O) groups excluding carboxylic acids is 1.